The third-order valence-electron chi connectivity index (χ3n) is 2.31. The van der Waals surface area contributed by atoms with Gasteiger partial charge in [-0.2, -0.15) is 0 Å². The number of phenols is 1. The number of hydrogen-bond donors (Lipinski definition) is 3. The van der Waals surface area contributed by atoms with E-state index in [1.165, 1.54) is 30.1 Å². The zero-order valence-corrected chi connectivity index (χ0v) is 10.8. The molecule has 19 heavy (non-hydrogen) atoms. The van der Waals surface area contributed by atoms with Gasteiger partial charge in [-0.25, -0.2) is 14.8 Å². The molecule has 1 aromatic carbocycles. The van der Waals surface area contributed by atoms with Gasteiger partial charge < -0.3 is 15.5 Å². The summed E-state index contributed by atoms with van der Waals surface area (Å²) in [4.78, 5) is 19.2. The van der Waals surface area contributed by atoms with E-state index in [-0.39, 0.29) is 17.1 Å². The standard InChI is InChI=1S/C12H11N3O3S/c1-19-12-13-6-9(11(17)18)10(15-12)14-7-2-4-8(16)5-3-7/h2-6,16H,1H3,(H,17,18)(H,13,14,15). The Labute approximate surface area is 113 Å². The molecule has 0 aliphatic heterocycles. The maximum atomic E-state index is 11.1. The second-order valence-corrected chi connectivity index (χ2v) is 4.37. The zero-order chi connectivity index (χ0) is 13.8. The zero-order valence-electron chi connectivity index (χ0n) is 9.99. The Morgan fingerprint density at radius 1 is 1.32 bits per heavy atom. The normalized spacial score (nSPS) is 10.2. The summed E-state index contributed by atoms with van der Waals surface area (Å²) in [6.07, 6.45) is 3.07. The van der Waals surface area contributed by atoms with Crippen LogP contribution in [0, 0.1) is 0 Å². The van der Waals surface area contributed by atoms with E-state index in [9.17, 15) is 9.90 Å². The van der Waals surface area contributed by atoms with Crippen LogP contribution in [0.25, 0.3) is 0 Å². The number of aromatic hydroxyl groups is 1. The van der Waals surface area contributed by atoms with Gasteiger partial charge in [0.25, 0.3) is 0 Å². The van der Waals surface area contributed by atoms with Gasteiger partial charge in [0.05, 0.1) is 0 Å². The Kier molecular flexibility index (Phi) is 3.86. The summed E-state index contributed by atoms with van der Waals surface area (Å²) in [5, 5.41) is 21.7. The third-order valence-corrected chi connectivity index (χ3v) is 2.87. The van der Waals surface area contributed by atoms with E-state index in [0.29, 0.717) is 10.8 Å². The van der Waals surface area contributed by atoms with Crippen molar-refractivity contribution in [2.45, 2.75) is 5.16 Å². The van der Waals surface area contributed by atoms with Crippen LogP contribution in [0.2, 0.25) is 0 Å². The SMILES string of the molecule is CSc1ncc(C(=O)O)c(Nc2ccc(O)cc2)n1. The summed E-state index contributed by atoms with van der Waals surface area (Å²) in [5.74, 6) is -0.747. The number of hydrogen-bond acceptors (Lipinski definition) is 6. The molecule has 1 aromatic heterocycles. The molecule has 0 atom stereocenters. The van der Waals surface area contributed by atoms with Crippen LogP contribution in [0.3, 0.4) is 0 Å². The number of aromatic nitrogens is 2. The molecule has 1 heterocycles. The predicted molar refractivity (Wildman–Crippen MR) is 72.2 cm³/mol. The lowest BCUT2D eigenvalue weighted by molar-refractivity contribution is 0.0697. The van der Waals surface area contributed by atoms with Crippen LogP contribution in [-0.4, -0.2) is 32.4 Å². The van der Waals surface area contributed by atoms with E-state index in [2.05, 4.69) is 15.3 Å². The molecule has 0 bridgehead atoms. The minimum absolute atomic E-state index is 0.00845. The van der Waals surface area contributed by atoms with E-state index < -0.39 is 5.97 Å². The van der Waals surface area contributed by atoms with Gasteiger partial charge in [-0.05, 0) is 30.5 Å². The first-order valence-electron chi connectivity index (χ1n) is 5.30. The number of phenolic OH excluding ortho intramolecular Hbond substituents is 1. The molecule has 3 N–H and O–H groups in total. The molecule has 0 aliphatic carbocycles. The first-order chi connectivity index (χ1) is 9.10. The van der Waals surface area contributed by atoms with Crippen molar-refractivity contribution in [1.29, 1.82) is 0 Å². The number of anilines is 2. The van der Waals surface area contributed by atoms with Crippen LogP contribution in [-0.2, 0) is 0 Å². The molecule has 2 rings (SSSR count). The van der Waals surface area contributed by atoms with Crippen molar-refractivity contribution in [2.24, 2.45) is 0 Å². The van der Waals surface area contributed by atoms with E-state index in [1.54, 1.807) is 18.4 Å². The molecule has 0 radical (unpaired) electrons. The molecule has 98 valence electrons. The van der Waals surface area contributed by atoms with Crippen LogP contribution >= 0.6 is 11.8 Å². The van der Waals surface area contributed by atoms with Crippen LogP contribution in [0.4, 0.5) is 11.5 Å². The number of carboxylic acid groups (broad SMARTS) is 1. The minimum Gasteiger partial charge on any atom is -0.508 e. The maximum Gasteiger partial charge on any atom is 0.341 e. The third kappa shape index (κ3) is 3.14. The monoisotopic (exact) mass is 277 g/mol. The first kappa shape index (κ1) is 13.2. The fraction of sp³-hybridized carbons (Fsp3) is 0.0833. The molecule has 6 nitrogen and oxygen atoms in total. The van der Waals surface area contributed by atoms with E-state index in [0.717, 1.165) is 0 Å². The summed E-state index contributed by atoms with van der Waals surface area (Å²) in [5.41, 5.74) is 0.622. The van der Waals surface area contributed by atoms with Crippen LogP contribution < -0.4 is 5.32 Å². The Bertz CT molecular complexity index is 602. The van der Waals surface area contributed by atoms with Gasteiger partial charge in [-0.3, -0.25) is 0 Å². The fourth-order valence-electron chi connectivity index (χ4n) is 1.40. The van der Waals surface area contributed by atoms with Crippen LogP contribution in [0.5, 0.6) is 5.75 Å². The summed E-state index contributed by atoms with van der Waals surface area (Å²) < 4.78 is 0. The molecular formula is C12H11N3O3S. The summed E-state index contributed by atoms with van der Waals surface area (Å²) in [6.45, 7) is 0. The number of thioether (sulfide) groups is 1. The van der Waals surface area contributed by atoms with E-state index >= 15 is 0 Å². The molecule has 2 aromatic rings. The Balaban J connectivity index is 2.36. The molecule has 0 aliphatic rings. The lowest BCUT2D eigenvalue weighted by Crippen LogP contribution is -2.06. The number of rotatable bonds is 4. The maximum absolute atomic E-state index is 11.1. The fourth-order valence-corrected chi connectivity index (χ4v) is 1.74. The van der Waals surface area contributed by atoms with Crippen LogP contribution in [0.15, 0.2) is 35.6 Å². The van der Waals surface area contributed by atoms with Gasteiger partial charge in [0.1, 0.15) is 17.1 Å². The number of aromatic carboxylic acids is 1. The second-order valence-electron chi connectivity index (χ2n) is 3.60. The molecule has 0 amide bonds. The molecule has 0 fully saturated rings. The van der Waals surface area contributed by atoms with Crippen molar-refractivity contribution in [2.75, 3.05) is 11.6 Å². The number of benzene rings is 1. The lowest BCUT2D eigenvalue weighted by Gasteiger charge is -2.09. The minimum atomic E-state index is -1.10. The average Bonchev–Trinajstić information content (AvgIpc) is 2.41. The number of carboxylic acids is 1. The van der Waals surface area contributed by atoms with Gasteiger partial charge in [0.15, 0.2) is 5.16 Å². The molecule has 7 heteroatoms. The van der Waals surface area contributed by atoms with Gasteiger partial charge >= 0.3 is 5.97 Å². The molecular weight excluding hydrogens is 266 g/mol. The van der Waals surface area contributed by atoms with Gasteiger partial charge in [0, 0.05) is 11.9 Å². The second kappa shape index (κ2) is 5.57. The number of carbonyl (C=O) groups is 1. The van der Waals surface area contributed by atoms with Crippen molar-refractivity contribution in [3.63, 3.8) is 0 Å². The van der Waals surface area contributed by atoms with Crippen molar-refractivity contribution < 1.29 is 15.0 Å². The van der Waals surface area contributed by atoms with Crippen molar-refractivity contribution in [3.05, 3.63) is 36.0 Å². The molecule has 0 saturated heterocycles. The quantitative estimate of drug-likeness (QED) is 0.448. The van der Waals surface area contributed by atoms with Gasteiger partial charge in [-0.1, -0.05) is 11.8 Å². The average molecular weight is 277 g/mol. The highest BCUT2D eigenvalue weighted by atomic mass is 32.2. The molecule has 0 spiro atoms. The van der Waals surface area contributed by atoms with Crippen molar-refractivity contribution >= 4 is 29.2 Å². The summed E-state index contributed by atoms with van der Waals surface area (Å²) in [7, 11) is 0. The number of nitrogens with zero attached hydrogens (tertiary/aromatic N) is 2. The highest BCUT2D eigenvalue weighted by Crippen LogP contribution is 2.22. The molecule has 0 unspecified atom stereocenters. The van der Waals surface area contributed by atoms with E-state index in [4.69, 9.17) is 5.11 Å². The van der Waals surface area contributed by atoms with Crippen molar-refractivity contribution in [3.8, 4) is 5.75 Å². The smallest absolute Gasteiger partial charge is 0.341 e. The van der Waals surface area contributed by atoms with Gasteiger partial charge in [-0.15, -0.1) is 0 Å². The summed E-state index contributed by atoms with van der Waals surface area (Å²) in [6, 6.07) is 6.25. The van der Waals surface area contributed by atoms with E-state index in [1.807, 2.05) is 0 Å². The Hall–Kier alpha value is -2.28. The summed E-state index contributed by atoms with van der Waals surface area (Å²) >= 11 is 1.32. The lowest BCUT2D eigenvalue weighted by atomic mass is 10.2. The Morgan fingerprint density at radius 2 is 2.00 bits per heavy atom. The van der Waals surface area contributed by atoms with Crippen LogP contribution in [0.1, 0.15) is 10.4 Å². The predicted octanol–water partition coefficient (Wildman–Crippen LogP) is 2.35. The Morgan fingerprint density at radius 3 is 2.58 bits per heavy atom. The highest BCUT2D eigenvalue weighted by molar-refractivity contribution is 7.98. The van der Waals surface area contributed by atoms with Gasteiger partial charge in [0.2, 0.25) is 0 Å². The van der Waals surface area contributed by atoms with Crippen molar-refractivity contribution in [1.82, 2.24) is 9.97 Å². The largest absolute Gasteiger partial charge is 0.508 e. The highest BCUT2D eigenvalue weighted by Gasteiger charge is 2.13. The first-order valence-corrected chi connectivity index (χ1v) is 6.53. The number of nitrogens with one attached hydrogen (secondary N) is 1. The topological polar surface area (TPSA) is 95.3 Å². The molecule has 0 saturated carbocycles.